The predicted octanol–water partition coefficient (Wildman–Crippen LogP) is 2.73. The van der Waals surface area contributed by atoms with E-state index in [1.165, 1.54) is 11.8 Å². The normalized spacial score (nSPS) is 9.72. The van der Waals surface area contributed by atoms with Crippen LogP contribution in [0.3, 0.4) is 0 Å². The standard InChI is InChI=1S/C13H9N3OS/c1-17-11-2-3-12-9(7-11)6-10(8-15)13(16-12)18-5-4-14/h2-3,6-7H,5H2,1H3. The molecule has 0 saturated heterocycles. The van der Waals surface area contributed by atoms with Gasteiger partial charge in [-0.3, -0.25) is 0 Å². The molecule has 0 amide bonds. The molecule has 0 atom stereocenters. The summed E-state index contributed by atoms with van der Waals surface area (Å²) in [6.45, 7) is 0. The van der Waals surface area contributed by atoms with Crippen LogP contribution in [0.15, 0.2) is 29.3 Å². The van der Waals surface area contributed by atoms with Crippen LogP contribution in [-0.2, 0) is 0 Å². The molecule has 0 N–H and O–H groups in total. The van der Waals surface area contributed by atoms with E-state index in [1.54, 1.807) is 13.2 Å². The molecule has 0 aliphatic carbocycles. The van der Waals surface area contributed by atoms with Crippen LogP contribution >= 0.6 is 11.8 Å². The van der Waals surface area contributed by atoms with Gasteiger partial charge >= 0.3 is 0 Å². The molecule has 0 aliphatic rings. The number of ether oxygens (including phenoxy) is 1. The Balaban J connectivity index is 2.55. The molecular weight excluding hydrogens is 246 g/mol. The van der Waals surface area contributed by atoms with Crippen molar-refractivity contribution in [2.45, 2.75) is 5.03 Å². The molecule has 0 radical (unpaired) electrons. The van der Waals surface area contributed by atoms with Gasteiger partial charge in [-0.15, -0.1) is 0 Å². The number of hydrogen-bond acceptors (Lipinski definition) is 5. The molecule has 0 unspecified atom stereocenters. The molecule has 18 heavy (non-hydrogen) atoms. The van der Waals surface area contributed by atoms with Gasteiger partial charge in [-0.05, 0) is 24.3 Å². The molecular formula is C13H9N3OS. The Kier molecular flexibility index (Phi) is 3.66. The average Bonchev–Trinajstić information content (AvgIpc) is 2.43. The lowest BCUT2D eigenvalue weighted by atomic mass is 10.1. The minimum atomic E-state index is 0.281. The van der Waals surface area contributed by atoms with Crippen LogP contribution in [0, 0.1) is 22.7 Å². The van der Waals surface area contributed by atoms with Crippen LogP contribution in [0.4, 0.5) is 0 Å². The van der Waals surface area contributed by atoms with Crippen LogP contribution in [0.25, 0.3) is 10.9 Å². The number of benzene rings is 1. The number of methoxy groups -OCH3 is 1. The zero-order chi connectivity index (χ0) is 13.0. The van der Waals surface area contributed by atoms with Gasteiger partial charge in [0.1, 0.15) is 16.8 Å². The molecule has 0 spiro atoms. The van der Waals surface area contributed by atoms with Crippen molar-refractivity contribution in [3.63, 3.8) is 0 Å². The Labute approximate surface area is 109 Å². The second kappa shape index (κ2) is 5.39. The van der Waals surface area contributed by atoms with E-state index in [-0.39, 0.29) is 5.75 Å². The Morgan fingerprint density at radius 3 is 2.83 bits per heavy atom. The van der Waals surface area contributed by atoms with Crippen molar-refractivity contribution in [2.24, 2.45) is 0 Å². The maximum atomic E-state index is 9.09. The van der Waals surface area contributed by atoms with Gasteiger partial charge in [0.15, 0.2) is 0 Å². The van der Waals surface area contributed by atoms with E-state index in [1.807, 2.05) is 24.3 Å². The first kappa shape index (κ1) is 12.2. The number of rotatable bonds is 3. The highest BCUT2D eigenvalue weighted by atomic mass is 32.2. The van der Waals surface area contributed by atoms with Gasteiger partial charge in [0.05, 0.1) is 30.0 Å². The van der Waals surface area contributed by atoms with Crippen LogP contribution in [0.5, 0.6) is 5.75 Å². The van der Waals surface area contributed by atoms with Gasteiger partial charge < -0.3 is 4.74 Å². The van der Waals surface area contributed by atoms with E-state index in [0.29, 0.717) is 10.6 Å². The van der Waals surface area contributed by atoms with Crippen LogP contribution in [-0.4, -0.2) is 17.8 Å². The first-order chi connectivity index (χ1) is 8.78. The fourth-order valence-corrected chi connectivity index (χ4v) is 2.18. The molecule has 5 heteroatoms. The summed E-state index contributed by atoms with van der Waals surface area (Å²) in [6, 6.07) is 11.4. The van der Waals surface area contributed by atoms with Gasteiger partial charge in [0.2, 0.25) is 0 Å². The van der Waals surface area contributed by atoms with Crippen molar-refractivity contribution in [3.05, 3.63) is 29.8 Å². The summed E-state index contributed by atoms with van der Waals surface area (Å²) in [5.41, 5.74) is 1.27. The number of nitrogens with zero attached hydrogens (tertiary/aromatic N) is 3. The fraction of sp³-hybridized carbons (Fsp3) is 0.154. The van der Waals surface area contributed by atoms with Gasteiger partial charge in [-0.1, -0.05) is 11.8 Å². The smallest absolute Gasteiger partial charge is 0.119 e. The van der Waals surface area contributed by atoms with Gasteiger partial charge in [-0.2, -0.15) is 10.5 Å². The van der Waals surface area contributed by atoms with Crippen LogP contribution in [0.1, 0.15) is 5.56 Å². The lowest BCUT2D eigenvalue weighted by Crippen LogP contribution is -1.91. The Bertz CT molecular complexity index is 670. The lowest BCUT2D eigenvalue weighted by molar-refractivity contribution is 0.415. The van der Waals surface area contributed by atoms with Gasteiger partial charge in [0, 0.05) is 5.39 Å². The number of thioether (sulfide) groups is 1. The summed E-state index contributed by atoms with van der Waals surface area (Å²) in [5, 5.41) is 19.1. The third kappa shape index (κ3) is 2.37. The first-order valence-corrected chi connectivity index (χ1v) is 6.15. The highest BCUT2D eigenvalue weighted by Crippen LogP contribution is 2.26. The van der Waals surface area contributed by atoms with E-state index < -0.39 is 0 Å². The second-order valence-corrected chi connectivity index (χ2v) is 4.42. The third-order valence-corrected chi connectivity index (χ3v) is 3.24. The Morgan fingerprint density at radius 2 is 2.17 bits per heavy atom. The number of nitriles is 2. The maximum absolute atomic E-state index is 9.09. The van der Waals surface area contributed by atoms with E-state index >= 15 is 0 Å². The summed E-state index contributed by atoms with van der Waals surface area (Å²) in [6.07, 6.45) is 0. The predicted molar refractivity (Wildman–Crippen MR) is 69.3 cm³/mol. The molecule has 0 aliphatic heterocycles. The van der Waals surface area contributed by atoms with E-state index in [4.69, 9.17) is 15.3 Å². The highest BCUT2D eigenvalue weighted by Gasteiger charge is 2.07. The molecule has 2 rings (SSSR count). The Morgan fingerprint density at radius 1 is 1.33 bits per heavy atom. The summed E-state index contributed by atoms with van der Waals surface area (Å²) >= 11 is 1.27. The van der Waals surface area contributed by atoms with Crippen LogP contribution in [0.2, 0.25) is 0 Å². The van der Waals surface area contributed by atoms with Crippen molar-refractivity contribution in [1.29, 1.82) is 10.5 Å². The molecule has 4 nitrogen and oxygen atoms in total. The number of aromatic nitrogens is 1. The summed E-state index contributed by atoms with van der Waals surface area (Å²) in [4.78, 5) is 4.39. The number of pyridine rings is 1. The quantitative estimate of drug-likeness (QED) is 0.789. The van der Waals surface area contributed by atoms with E-state index in [9.17, 15) is 0 Å². The van der Waals surface area contributed by atoms with E-state index in [0.717, 1.165) is 16.7 Å². The number of fused-ring (bicyclic) bond motifs is 1. The maximum Gasteiger partial charge on any atom is 0.119 e. The van der Waals surface area contributed by atoms with Gasteiger partial charge in [-0.25, -0.2) is 4.98 Å². The number of hydrogen-bond donors (Lipinski definition) is 0. The lowest BCUT2D eigenvalue weighted by Gasteiger charge is -2.05. The molecule has 0 saturated carbocycles. The van der Waals surface area contributed by atoms with Gasteiger partial charge in [0.25, 0.3) is 0 Å². The summed E-state index contributed by atoms with van der Waals surface area (Å²) in [5.74, 6) is 1.01. The SMILES string of the molecule is COc1ccc2nc(SCC#N)c(C#N)cc2c1. The zero-order valence-electron chi connectivity index (χ0n) is 9.67. The monoisotopic (exact) mass is 255 g/mol. The highest BCUT2D eigenvalue weighted by molar-refractivity contribution is 7.99. The molecule has 1 heterocycles. The largest absolute Gasteiger partial charge is 0.497 e. The molecule has 88 valence electrons. The van der Waals surface area contributed by atoms with Crippen molar-refractivity contribution in [1.82, 2.24) is 4.98 Å². The molecule has 1 aromatic carbocycles. The molecule has 2 aromatic rings. The zero-order valence-corrected chi connectivity index (χ0v) is 10.5. The topological polar surface area (TPSA) is 69.7 Å². The summed E-state index contributed by atoms with van der Waals surface area (Å²) in [7, 11) is 1.59. The van der Waals surface area contributed by atoms with Crippen molar-refractivity contribution in [2.75, 3.05) is 12.9 Å². The average molecular weight is 255 g/mol. The molecule has 1 aromatic heterocycles. The van der Waals surface area contributed by atoms with Crippen LogP contribution < -0.4 is 4.74 Å². The minimum Gasteiger partial charge on any atom is -0.497 e. The van der Waals surface area contributed by atoms with Crippen molar-refractivity contribution in [3.8, 4) is 17.9 Å². The molecule has 0 bridgehead atoms. The molecule has 0 fully saturated rings. The fourth-order valence-electron chi connectivity index (χ4n) is 1.55. The third-order valence-electron chi connectivity index (χ3n) is 2.38. The van der Waals surface area contributed by atoms with E-state index in [2.05, 4.69) is 11.1 Å². The second-order valence-electron chi connectivity index (χ2n) is 3.46. The minimum absolute atomic E-state index is 0.281. The first-order valence-electron chi connectivity index (χ1n) is 5.17. The van der Waals surface area contributed by atoms with Crippen molar-refractivity contribution >= 4 is 22.7 Å². The summed E-state index contributed by atoms with van der Waals surface area (Å²) < 4.78 is 5.13. The Hall–Kier alpha value is -2.24. The van der Waals surface area contributed by atoms with Crippen molar-refractivity contribution < 1.29 is 4.74 Å².